The fraction of sp³-hybridized carbons (Fsp3) is 0.276. The van der Waals surface area contributed by atoms with Gasteiger partial charge in [-0.25, -0.2) is 4.98 Å². The molecule has 6 nitrogen and oxygen atoms in total. The minimum absolute atomic E-state index is 0.216. The summed E-state index contributed by atoms with van der Waals surface area (Å²) in [4.78, 5) is 18.5. The van der Waals surface area contributed by atoms with Gasteiger partial charge in [0.25, 0.3) is 5.56 Å². The lowest BCUT2D eigenvalue weighted by molar-refractivity contribution is 0.335. The van der Waals surface area contributed by atoms with Crippen LogP contribution in [0.4, 0.5) is 0 Å². The summed E-state index contributed by atoms with van der Waals surface area (Å²) in [5, 5.41) is 5.54. The van der Waals surface area contributed by atoms with Crippen molar-refractivity contribution in [3.63, 3.8) is 0 Å². The molecular formula is C29H29BrClN3O3. The molecule has 1 aromatic heterocycles. The molecule has 8 heteroatoms. The van der Waals surface area contributed by atoms with Gasteiger partial charge in [0.2, 0.25) is 0 Å². The summed E-state index contributed by atoms with van der Waals surface area (Å²) in [6.07, 6.45) is 1.60. The third kappa shape index (κ3) is 5.58. The highest BCUT2D eigenvalue weighted by atomic mass is 79.9. The molecule has 0 aliphatic heterocycles. The van der Waals surface area contributed by atoms with Crippen LogP contribution in [-0.4, -0.2) is 29.1 Å². The first-order valence-corrected chi connectivity index (χ1v) is 13.4. The maximum absolute atomic E-state index is 13.6. The molecule has 0 fully saturated rings. The van der Waals surface area contributed by atoms with Crippen LogP contribution in [0.1, 0.15) is 50.3 Å². The third-order valence-electron chi connectivity index (χ3n) is 5.90. The number of benzene rings is 3. The van der Waals surface area contributed by atoms with Gasteiger partial charge in [-0.3, -0.25) is 4.79 Å². The molecule has 0 bridgehead atoms. The number of aromatic nitrogens is 2. The molecule has 0 saturated carbocycles. The van der Waals surface area contributed by atoms with Gasteiger partial charge >= 0.3 is 0 Å². The van der Waals surface area contributed by atoms with Crippen molar-refractivity contribution in [1.82, 2.24) is 9.66 Å². The Kier molecular flexibility index (Phi) is 8.35. The standard InChI is InChI=1S/C29H29BrClN3O3/c1-6-36-26-12-18(5)22(15-21(26)17(3)4)28-33-25-11-9-8-10-20(25)29(35)34(28)32-16-19-13-23(30)27(37-7-2)24(31)14-19/h8-17H,6-7H2,1-5H3. The number of hydrogen-bond acceptors (Lipinski definition) is 5. The van der Waals surface area contributed by atoms with Gasteiger partial charge in [0, 0.05) is 5.56 Å². The van der Waals surface area contributed by atoms with E-state index in [1.165, 1.54) is 4.68 Å². The number of nitrogens with zero attached hydrogens (tertiary/aromatic N) is 3. The quantitative estimate of drug-likeness (QED) is 0.201. The second kappa shape index (κ2) is 11.5. The van der Waals surface area contributed by atoms with Crippen LogP contribution in [0, 0.1) is 6.92 Å². The summed E-state index contributed by atoms with van der Waals surface area (Å²) in [6.45, 7) is 11.1. The highest BCUT2D eigenvalue weighted by Gasteiger charge is 2.18. The average molecular weight is 583 g/mol. The Morgan fingerprint density at radius 2 is 1.84 bits per heavy atom. The van der Waals surface area contributed by atoms with E-state index in [0.29, 0.717) is 50.7 Å². The smallest absolute Gasteiger partial charge is 0.282 e. The van der Waals surface area contributed by atoms with Crippen LogP contribution in [0.25, 0.3) is 22.3 Å². The lowest BCUT2D eigenvalue weighted by Gasteiger charge is -2.18. The van der Waals surface area contributed by atoms with Gasteiger partial charge in [-0.2, -0.15) is 9.78 Å². The van der Waals surface area contributed by atoms with Crippen molar-refractivity contribution in [2.75, 3.05) is 13.2 Å². The summed E-state index contributed by atoms with van der Waals surface area (Å²) in [7, 11) is 0. The highest BCUT2D eigenvalue weighted by molar-refractivity contribution is 9.10. The zero-order chi connectivity index (χ0) is 26.7. The molecular weight excluding hydrogens is 554 g/mol. The van der Waals surface area contributed by atoms with Gasteiger partial charge in [-0.15, -0.1) is 0 Å². The molecule has 3 aromatic carbocycles. The summed E-state index contributed by atoms with van der Waals surface area (Å²) < 4.78 is 13.6. The molecule has 0 unspecified atom stereocenters. The summed E-state index contributed by atoms with van der Waals surface area (Å²) in [5.74, 6) is 2.08. The molecule has 1 heterocycles. The number of hydrogen-bond donors (Lipinski definition) is 0. The Bertz CT molecular complexity index is 1520. The molecule has 192 valence electrons. The van der Waals surface area contributed by atoms with Gasteiger partial charge in [0.05, 0.1) is 39.8 Å². The van der Waals surface area contributed by atoms with E-state index < -0.39 is 0 Å². The predicted octanol–water partition coefficient (Wildman–Crippen LogP) is 7.59. The molecule has 0 aliphatic carbocycles. The minimum atomic E-state index is -0.257. The lowest BCUT2D eigenvalue weighted by atomic mass is 9.96. The van der Waals surface area contributed by atoms with Crippen LogP contribution in [-0.2, 0) is 0 Å². The summed E-state index contributed by atoms with van der Waals surface area (Å²) in [6, 6.07) is 14.9. The van der Waals surface area contributed by atoms with Crippen LogP contribution in [0.2, 0.25) is 5.02 Å². The fourth-order valence-electron chi connectivity index (χ4n) is 4.14. The monoisotopic (exact) mass is 581 g/mol. The van der Waals surface area contributed by atoms with Crippen LogP contribution in [0.3, 0.4) is 0 Å². The van der Waals surface area contributed by atoms with Crippen LogP contribution >= 0.6 is 27.5 Å². The Morgan fingerprint density at radius 3 is 2.51 bits per heavy atom. The maximum Gasteiger partial charge on any atom is 0.282 e. The van der Waals surface area contributed by atoms with Crippen molar-refractivity contribution in [2.24, 2.45) is 5.10 Å². The molecule has 37 heavy (non-hydrogen) atoms. The molecule has 0 aliphatic rings. The number of para-hydroxylation sites is 1. The second-order valence-corrected chi connectivity index (χ2v) is 10.1. The van der Waals surface area contributed by atoms with E-state index in [9.17, 15) is 4.79 Å². The van der Waals surface area contributed by atoms with Gasteiger partial charge in [0.15, 0.2) is 11.6 Å². The van der Waals surface area contributed by atoms with E-state index in [1.807, 2.05) is 51.1 Å². The first-order valence-electron chi connectivity index (χ1n) is 12.2. The second-order valence-electron chi connectivity index (χ2n) is 8.85. The van der Waals surface area contributed by atoms with Crippen molar-refractivity contribution in [1.29, 1.82) is 0 Å². The van der Waals surface area contributed by atoms with Crippen molar-refractivity contribution < 1.29 is 9.47 Å². The Balaban J connectivity index is 1.94. The number of fused-ring (bicyclic) bond motifs is 1. The van der Waals surface area contributed by atoms with Crippen molar-refractivity contribution >= 4 is 44.6 Å². The van der Waals surface area contributed by atoms with E-state index >= 15 is 0 Å². The van der Waals surface area contributed by atoms with E-state index in [2.05, 4.69) is 40.9 Å². The van der Waals surface area contributed by atoms with Gasteiger partial charge in [-0.05, 0) is 95.7 Å². The van der Waals surface area contributed by atoms with Crippen molar-refractivity contribution in [2.45, 2.75) is 40.5 Å². The van der Waals surface area contributed by atoms with Crippen molar-refractivity contribution in [3.8, 4) is 22.9 Å². The molecule has 4 aromatic rings. The van der Waals surface area contributed by atoms with Gasteiger partial charge in [-0.1, -0.05) is 37.6 Å². The maximum atomic E-state index is 13.6. The molecule has 0 amide bonds. The minimum Gasteiger partial charge on any atom is -0.494 e. The largest absolute Gasteiger partial charge is 0.494 e. The van der Waals surface area contributed by atoms with Gasteiger partial charge < -0.3 is 9.47 Å². The van der Waals surface area contributed by atoms with E-state index in [0.717, 1.165) is 22.4 Å². The number of ether oxygens (including phenoxy) is 2. The first-order chi connectivity index (χ1) is 17.7. The topological polar surface area (TPSA) is 65.7 Å². The number of halogens is 2. The Labute approximate surface area is 230 Å². The van der Waals surface area contributed by atoms with E-state index in [1.54, 1.807) is 18.3 Å². The van der Waals surface area contributed by atoms with Crippen LogP contribution in [0.15, 0.2) is 62.9 Å². The number of rotatable bonds is 8. The molecule has 0 N–H and O–H groups in total. The zero-order valence-electron chi connectivity index (χ0n) is 21.5. The normalized spacial score (nSPS) is 11.6. The molecule has 0 atom stereocenters. The number of aryl methyl sites for hydroxylation is 1. The third-order valence-corrected chi connectivity index (χ3v) is 6.77. The van der Waals surface area contributed by atoms with Crippen molar-refractivity contribution in [3.05, 3.63) is 85.1 Å². The summed E-state index contributed by atoms with van der Waals surface area (Å²) >= 11 is 9.94. The predicted molar refractivity (Wildman–Crippen MR) is 155 cm³/mol. The molecule has 0 saturated heterocycles. The molecule has 0 spiro atoms. The molecule has 4 rings (SSSR count). The SMILES string of the molecule is CCOc1cc(C)c(-c2nc3ccccc3c(=O)n2N=Cc2cc(Cl)c(OCC)c(Br)c2)cc1C(C)C. The Hall–Kier alpha value is -3.16. The van der Waals surface area contributed by atoms with Crippen LogP contribution in [0.5, 0.6) is 11.5 Å². The Morgan fingerprint density at radius 1 is 1.11 bits per heavy atom. The molecule has 0 radical (unpaired) electrons. The van der Waals surface area contributed by atoms with Crippen LogP contribution < -0.4 is 15.0 Å². The average Bonchev–Trinajstić information content (AvgIpc) is 2.86. The van der Waals surface area contributed by atoms with Gasteiger partial charge in [0.1, 0.15) is 5.75 Å². The first kappa shape index (κ1) is 26.9. The summed E-state index contributed by atoms with van der Waals surface area (Å²) in [5.41, 5.74) is 3.86. The highest BCUT2D eigenvalue weighted by Crippen LogP contribution is 2.35. The van der Waals surface area contributed by atoms with E-state index in [4.69, 9.17) is 26.1 Å². The van der Waals surface area contributed by atoms with E-state index in [-0.39, 0.29) is 11.5 Å². The fourth-order valence-corrected chi connectivity index (χ4v) is 5.13. The zero-order valence-corrected chi connectivity index (χ0v) is 23.9. The lowest BCUT2D eigenvalue weighted by Crippen LogP contribution is -2.21.